The minimum Gasteiger partial charge on any atom is -0.350 e. The van der Waals surface area contributed by atoms with Gasteiger partial charge in [0.2, 0.25) is 5.78 Å². The Labute approximate surface area is 191 Å². The van der Waals surface area contributed by atoms with E-state index in [1.165, 1.54) is 11.1 Å². The number of fused-ring (bicyclic) bond motifs is 1. The van der Waals surface area contributed by atoms with Crippen LogP contribution in [0.15, 0.2) is 47.6 Å². The van der Waals surface area contributed by atoms with Crippen LogP contribution in [0.4, 0.5) is 0 Å². The third-order valence-electron chi connectivity index (χ3n) is 5.91. The van der Waals surface area contributed by atoms with E-state index in [1.807, 2.05) is 42.8 Å². The van der Waals surface area contributed by atoms with Crippen LogP contribution in [0.5, 0.6) is 0 Å². The highest BCUT2D eigenvalue weighted by Crippen LogP contribution is 2.31. The molecule has 0 amide bonds. The summed E-state index contributed by atoms with van der Waals surface area (Å²) in [6.07, 6.45) is 1.80. The molecule has 32 heavy (non-hydrogen) atoms. The molecule has 0 aliphatic carbocycles. The SMILES string of the molecule is Cc1cccc2c(C(=O)C(C#N)=NCc3cc(C(C)(C)C)cc(C(C)(C)C)c3)cn(C)c12. The predicted octanol–water partition coefficient (Wildman–Crippen LogP) is 6.43. The Morgan fingerprint density at radius 1 is 1.03 bits per heavy atom. The van der Waals surface area contributed by atoms with E-state index in [4.69, 9.17) is 0 Å². The van der Waals surface area contributed by atoms with E-state index in [0.29, 0.717) is 12.1 Å². The van der Waals surface area contributed by atoms with Crippen molar-refractivity contribution in [1.29, 1.82) is 5.26 Å². The summed E-state index contributed by atoms with van der Waals surface area (Å²) in [6.45, 7) is 15.5. The second kappa shape index (κ2) is 8.39. The topological polar surface area (TPSA) is 58.1 Å². The molecule has 0 bridgehead atoms. The summed E-state index contributed by atoms with van der Waals surface area (Å²) in [4.78, 5) is 17.7. The van der Waals surface area contributed by atoms with Crippen molar-refractivity contribution in [3.8, 4) is 6.07 Å². The van der Waals surface area contributed by atoms with Gasteiger partial charge in [0, 0.05) is 18.6 Å². The Bertz CT molecular complexity index is 1220. The summed E-state index contributed by atoms with van der Waals surface area (Å²) in [6, 6.07) is 14.4. The molecule has 0 radical (unpaired) electrons. The molecule has 0 saturated carbocycles. The number of hydrogen-bond donors (Lipinski definition) is 0. The number of aryl methyl sites for hydroxylation is 2. The largest absolute Gasteiger partial charge is 0.350 e. The molecule has 4 nitrogen and oxygen atoms in total. The van der Waals surface area contributed by atoms with E-state index in [1.54, 1.807) is 6.20 Å². The molecule has 0 fully saturated rings. The molecule has 1 aromatic heterocycles. The molecule has 0 spiro atoms. The van der Waals surface area contributed by atoms with Crippen molar-refractivity contribution in [3.05, 3.63) is 70.4 Å². The number of nitriles is 1. The van der Waals surface area contributed by atoms with E-state index in [2.05, 4.69) is 64.7 Å². The zero-order chi connectivity index (χ0) is 23.8. The number of para-hydroxylation sites is 1. The van der Waals surface area contributed by atoms with Crippen LogP contribution in [0.25, 0.3) is 10.9 Å². The van der Waals surface area contributed by atoms with E-state index < -0.39 is 0 Å². The van der Waals surface area contributed by atoms with Crippen LogP contribution >= 0.6 is 0 Å². The molecule has 0 saturated heterocycles. The molecule has 3 rings (SSSR count). The fourth-order valence-corrected chi connectivity index (χ4v) is 3.96. The van der Waals surface area contributed by atoms with Crippen LogP contribution in [-0.2, 0) is 24.4 Å². The van der Waals surface area contributed by atoms with E-state index in [9.17, 15) is 10.1 Å². The number of hydrogen-bond acceptors (Lipinski definition) is 3. The lowest BCUT2D eigenvalue weighted by Crippen LogP contribution is -2.17. The van der Waals surface area contributed by atoms with Gasteiger partial charge in [0.05, 0.1) is 17.6 Å². The van der Waals surface area contributed by atoms with Gasteiger partial charge in [-0.05, 0) is 40.0 Å². The summed E-state index contributed by atoms with van der Waals surface area (Å²) >= 11 is 0. The van der Waals surface area contributed by atoms with E-state index in [-0.39, 0.29) is 22.3 Å². The van der Waals surface area contributed by atoms with Crippen LogP contribution in [-0.4, -0.2) is 16.1 Å². The van der Waals surface area contributed by atoms with Crippen LogP contribution < -0.4 is 0 Å². The third kappa shape index (κ3) is 4.67. The zero-order valence-electron chi connectivity index (χ0n) is 20.5. The Balaban J connectivity index is 2.01. The number of benzene rings is 2. The van der Waals surface area contributed by atoms with Crippen molar-refractivity contribution in [2.75, 3.05) is 0 Å². The average molecular weight is 428 g/mol. The maximum atomic E-state index is 13.2. The number of rotatable bonds is 4. The molecule has 0 aliphatic heterocycles. The highest BCUT2D eigenvalue weighted by Gasteiger charge is 2.22. The minimum absolute atomic E-state index is 0.00554. The Morgan fingerprint density at radius 3 is 2.16 bits per heavy atom. The van der Waals surface area contributed by atoms with Gasteiger partial charge in [-0.15, -0.1) is 0 Å². The van der Waals surface area contributed by atoms with Crippen molar-refractivity contribution in [2.24, 2.45) is 12.0 Å². The standard InChI is InChI=1S/C28H33N3O/c1-18-10-9-11-22-23(17-31(8)25(18)22)26(32)24(15-29)30-16-19-12-20(27(2,3)4)14-21(13-19)28(5,6)7/h9-14,17H,16H2,1-8H3. The van der Waals surface area contributed by atoms with Gasteiger partial charge in [0.25, 0.3) is 0 Å². The van der Waals surface area contributed by atoms with Crippen LogP contribution in [0.1, 0.15) is 74.2 Å². The summed E-state index contributed by atoms with van der Waals surface area (Å²) in [5.74, 6) is -0.327. The summed E-state index contributed by atoms with van der Waals surface area (Å²) in [5.41, 5.74) is 6.01. The molecule has 2 aromatic carbocycles. The van der Waals surface area contributed by atoms with Crippen LogP contribution in [0, 0.1) is 18.3 Å². The minimum atomic E-state index is -0.327. The number of carbonyl (C=O) groups is 1. The number of aromatic nitrogens is 1. The number of Topliss-reactive ketones (excluding diaryl/α,β-unsaturated/α-hetero) is 1. The number of nitrogens with zero attached hydrogens (tertiary/aromatic N) is 3. The molecular weight excluding hydrogens is 394 g/mol. The maximum absolute atomic E-state index is 13.2. The molecule has 1 heterocycles. The first-order valence-corrected chi connectivity index (χ1v) is 11.0. The monoisotopic (exact) mass is 427 g/mol. The fraction of sp³-hybridized carbons (Fsp3) is 0.393. The van der Waals surface area contributed by atoms with Gasteiger partial charge in [-0.3, -0.25) is 9.79 Å². The maximum Gasteiger partial charge on any atom is 0.223 e. The molecule has 0 unspecified atom stereocenters. The van der Waals surface area contributed by atoms with Gasteiger partial charge in [-0.2, -0.15) is 5.26 Å². The van der Waals surface area contributed by atoms with Crippen molar-refractivity contribution < 1.29 is 4.79 Å². The fourth-order valence-electron chi connectivity index (χ4n) is 3.96. The Hall–Kier alpha value is -3.19. The first-order chi connectivity index (χ1) is 14.8. The lowest BCUT2D eigenvalue weighted by atomic mass is 9.79. The number of carbonyl (C=O) groups excluding carboxylic acids is 1. The second-order valence-corrected chi connectivity index (χ2v) is 10.6. The summed E-state index contributed by atoms with van der Waals surface area (Å²) in [5, 5.41) is 10.6. The molecule has 166 valence electrons. The molecular formula is C28H33N3O. The smallest absolute Gasteiger partial charge is 0.223 e. The van der Waals surface area contributed by atoms with Gasteiger partial charge < -0.3 is 4.57 Å². The van der Waals surface area contributed by atoms with Crippen molar-refractivity contribution in [2.45, 2.75) is 65.8 Å². The summed E-state index contributed by atoms with van der Waals surface area (Å²) < 4.78 is 1.94. The zero-order valence-corrected chi connectivity index (χ0v) is 20.5. The Kier molecular flexibility index (Phi) is 6.15. The average Bonchev–Trinajstić information content (AvgIpc) is 3.04. The van der Waals surface area contributed by atoms with E-state index >= 15 is 0 Å². The highest BCUT2D eigenvalue weighted by molar-refractivity contribution is 6.52. The van der Waals surface area contributed by atoms with Crippen molar-refractivity contribution in [3.63, 3.8) is 0 Å². The van der Waals surface area contributed by atoms with E-state index in [0.717, 1.165) is 22.0 Å². The van der Waals surface area contributed by atoms with Gasteiger partial charge >= 0.3 is 0 Å². The van der Waals surface area contributed by atoms with Crippen molar-refractivity contribution in [1.82, 2.24) is 4.57 Å². The van der Waals surface area contributed by atoms with Gasteiger partial charge in [0.15, 0.2) is 5.71 Å². The lowest BCUT2D eigenvalue weighted by Gasteiger charge is -2.26. The highest BCUT2D eigenvalue weighted by atomic mass is 16.1. The molecule has 0 atom stereocenters. The third-order valence-corrected chi connectivity index (χ3v) is 5.91. The van der Waals surface area contributed by atoms with Crippen LogP contribution in [0.3, 0.4) is 0 Å². The van der Waals surface area contributed by atoms with Crippen molar-refractivity contribution >= 4 is 22.4 Å². The molecule has 3 aromatic rings. The second-order valence-electron chi connectivity index (χ2n) is 10.6. The molecule has 4 heteroatoms. The summed E-state index contributed by atoms with van der Waals surface area (Å²) in [7, 11) is 1.92. The first-order valence-electron chi connectivity index (χ1n) is 11.0. The Morgan fingerprint density at radius 2 is 1.62 bits per heavy atom. The van der Waals surface area contributed by atoms with Crippen LogP contribution in [0.2, 0.25) is 0 Å². The first kappa shape index (κ1) is 23.5. The normalized spacial score (nSPS) is 12.8. The quantitative estimate of drug-likeness (QED) is 0.356. The lowest BCUT2D eigenvalue weighted by molar-refractivity contribution is 0.106. The van der Waals surface area contributed by atoms with Gasteiger partial charge in [-0.1, -0.05) is 77.9 Å². The molecule has 0 aliphatic rings. The molecule has 0 N–H and O–H groups in total. The number of aliphatic imine (C=N–C) groups is 1. The van der Waals surface area contributed by atoms with Gasteiger partial charge in [0.1, 0.15) is 6.07 Å². The number of ketones is 1. The predicted molar refractivity (Wildman–Crippen MR) is 133 cm³/mol. The van der Waals surface area contributed by atoms with Gasteiger partial charge in [-0.25, -0.2) is 0 Å².